The normalized spacial score (nSPS) is 17.1. The highest BCUT2D eigenvalue weighted by atomic mass is 15.1. The van der Waals surface area contributed by atoms with Crippen molar-refractivity contribution in [2.75, 3.05) is 18.5 Å². The molecule has 3 aliphatic rings. The molecule has 5 heteroatoms. The minimum Gasteiger partial charge on any atom is -0.369 e. The van der Waals surface area contributed by atoms with Gasteiger partial charge in [0.1, 0.15) is 0 Å². The van der Waals surface area contributed by atoms with Crippen molar-refractivity contribution in [1.29, 1.82) is 0 Å². The molecule has 2 aliphatic carbocycles. The Morgan fingerprint density at radius 2 is 1.23 bits per heavy atom. The Labute approximate surface area is 371 Å². The first-order valence-electron chi connectivity index (χ1n) is 22.3. The molecule has 1 aliphatic heterocycles. The van der Waals surface area contributed by atoms with E-state index in [4.69, 9.17) is 19.9 Å². The van der Waals surface area contributed by atoms with E-state index in [1.54, 1.807) is 0 Å². The van der Waals surface area contributed by atoms with E-state index in [9.17, 15) is 0 Å². The van der Waals surface area contributed by atoms with Gasteiger partial charge in [0.15, 0.2) is 0 Å². The van der Waals surface area contributed by atoms with E-state index in [1.807, 2.05) is 36.8 Å². The number of rotatable bonds is 4. The SMILES string of the molecule is CN1CC=Cc2c(-c3cc(-c4ccc(-c5c6c(nc7ccc8ccccc8c57)C5C=CC=CC5C6(C)C)cc4)cc(-c4cc5cccnc5c5ncccc45)c3)cc3cccnc3c21. The molecule has 5 nitrogen and oxygen atoms in total. The van der Waals surface area contributed by atoms with Crippen molar-refractivity contribution in [2.45, 2.75) is 25.2 Å². The molecule has 2 unspecified atom stereocenters. The highest BCUT2D eigenvalue weighted by Gasteiger charge is 2.47. The Hall–Kier alpha value is -7.76. The fraction of sp³-hybridized carbons (Fsp3) is 0.119. The molecule has 13 rings (SSSR count). The van der Waals surface area contributed by atoms with Crippen LogP contribution in [-0.2, 0) is 5.41 Å². The molecule has 0 saturated carbocycles. The molecular weight excluding hydrogens is 779 g/mol. The summed E-state index contributed by atoms with van der Waals surface area (Å²) < 4.78 is 0. The van der Waals surface area contributed by atoms with E-state index < -0.39 is 0 Å². The monoisotopic (exact) mass is 821 g/mol. The summed E-state index contributed by atoms with van der Waals surface area (Å²) in [6, 6.07) is 46.9. The predicted molar refractivity (Wildman–Crippen MR) is 267 cm³/mol. The average Bonchev–Trinajstić information content (AvgIpc) is 3.57. The summed E-state index contributed by atoms with van der Waals surface area (Å²) in [5, 5.41) is 6.97. The fourth-order valence-electron chi connectivity index (χ4n) is 11.3. The van der Waals surface area contributed by atoms with Crippen LogP contribution in [0.5, 0.6) is 0 Å². The maximum Gasteiger partial charge on any atom is 0.0970 e. The lowest BCUT2D eigenvalue weighted by Crippen LogP contribution is -2.25. The number of pyridine rings is 4. The van der Waals surface area contributed by atoms with Gasteiger partial charge in [-0.15, -0.1) is 0 Å². The number of benzene rings is 6. The van der Waals surface area contributed by atoms with Crippen LogP contribution in [0.1, 0.15) is 36.6 Å². The first-order valence-corrected chi connectivity index (χ1v) is 22.3. The van der Waals surface area contributed by atoms with Gasteiger partial charge in [-0.25, -0.2) is 0 Å². The molecule has 5 heterocycles. The molecule has 0 radical (unpaired) electrons. The number of aromatic nitrogens is 4. The van der Waals surface area contributed by atoms with Crippen molar-refractivity contribution in [3.8, 4) is 44.5 Å². The summed E-state index contributed by atoms with van der Waals surface area (Å²) in [6.45, 7) is 5.67. The van der Waals surface area contributed by atoms with Crippen LogP contribution >= 0.6 is 0 Å². The third-order valence-corrected chi connectivity index (χ3v) is 14.3. The van der Waals surface area contributed by atoms with Crippen LogP contribution in [-0.4, -0.2) is 33.5 Å². The number of fused-ring (bicyclic) bond motifs is 12. The molecule has 10 aromatic rings. The lowest BCUT2D eigenvalue weighted by atomic mass is 9.72. The van der Waals surface area contributed by atoms with Crippen molar-refractivity contribution in [2.24, 2.45) is 5.92 Å². The molecular formula is C59H43N5. The molecule has 0 saturated heterocycles. The van der Waals surface area contributed by atoms with Crippen molar-refractivity contribution in [1.82, 2.24) is 19.9 Å². The third kappa shape index (κ3) is 5.43. The molecule has 304 valence electrons. The number of anilines is 1. The fourth-order valence-corrected chi connectivity index (χ4v) is 11.3. The Morgan fingerprint density at radius 1 is 0.578 bits per heavy atom. The van der Waals surface area contributed by atoms with Gasteiger partial charge in [0.25, 0.3) is 0 Å². The summed E-state index contributed by atoms with van der Waals surface area (Å²) in [5.74, 6) is 0.583. The Bertz CT molecular complexity index is 3710. The minimum absolute atomic E-state index is 0.124. The Kier molecular flexibility index (Phi) is 7.99. The lowest BCUT2D eigenvalue weighted by molar-refractivity contribution is 0.394. The van der Waals surface area contributed by atoms with Crippen molar-refractivity contribution >= 4 is 66.1 Å². The molecule has 0 fully saturated rings. The van der Waals surface area contributed by atoms with Crippen LogP contribution in [0.3, 0.4) is 0 Å². The molecule has 0 N–H and O–H groups in total. The second-order valence-electron chi connectivity index (χ2n) is 18.3. The lowest BCUT2D eigenvalue weighted by Gasteiger charge is -2.30. The first-order chi connectivity index (χ1) is 31.4. The van der Waals surface area contributed by atoms with E-state index in [-0.39, 0.29) is 11.3 Å². The predicted octanol–water partition coefficient (Wildman–Crippen LogP) is 14.3. The van der Waals surface area contributed by atoms with E-state index >= 15 is 0 Å². The van der Waals surface area contributed by atoms with Gasteiger partial charge in [0.2, 0.25) is 0 Å². The summed E-state index contributed by atoms with van der Waals surface area (Å²) in [6.07, 6.45) is 19.3. The van der Waals surface area contributed by atoms with Crippen LogP contribution < -0.4 is 4.90 Å². The summed E-state index contributed by atoms with van der Waals surface area (Å²) in [4.78, 5) is 22.4. The zero-order valence-corrected chi connectivity index (χ0v) is 35.9. The van der Waals surface area contributed by atoms with Crippen molar-refractivity contribution in [3.05, 3.63) is 193 Å². The Balaban J connectivity index is 1.05. The first kappa shape index (κ1) is 36.9. The van der Waals surface area contributed by atoms with Crippen LogP contribution in [0.2, 0.25) is 0 Å². The van der Waals surface area contributed by atoms with Gasteiger partial charge in [0, 0.05) is 65.2 Å². The molecule has 4 aromatic heterocycles. The molecule has 2 atom stereocenters. The van der Waals surface area contributed by atoms with Gasteiger partial charge in [-0.05, 0) is 127 Å². The van der Waals surface area contributed by atoms with Crippen molar-refractivity contribution in [3.63, 3.8) is 0 Å². The summed E-state index contributed by atoms with van der Waals surface area (Å²) in [7, 11) is 2.17. The molecule has 0 spiro atoms. The number of likely N-dealkylation sites (N-methyl/N-ethyl adjacent to an activating group) is 1. The van der Waals surface area contributed by atoms with E-state index in [1.165, 1.54) is 49.7 Å². The van der Waals surface area contributed by atoms with Gasteiger partial charge in [-0.2, -0.15) is 0 Å². The van der Waals surface area contributed by atoms with Gasteiger partial charge in [-0.3, -0.25) is 19.9 Å². The smallest absolute Gasteiger partial charge is 0.0970 e. The molecule has 0 amide bonds. The van der Waals surface area contributed by atoms with Gasteiger partial charge in [0.05, 0.1) is 33.4 Å². The number of allylic oxidation sites excluding steroid dienone is 4. The van der Waals surface area contributed by atoms with Crippen LogP contribution in [0.4, 0.5) is 5.69 Å². The second-order valence-corrected chi connectivity index (χ2v) is 18.3. The minimum atomic E-state index is -0.124. The molecule has 0 bridgehead atoms. The quantitative estimate of drug-likeness (QED) is 0.166. The number of nitrogens with zero attached hydrogens (tertiary/aromatic N) is 5. The highest BCUT2D eigenvalue weighted by molar-refractivity contribution is 6.15. The molecule has 6 aromatic carbocycles. The number of hydrogen-bond donors (Lipinski definition) is 0. The van der Waals surface area contributed by atoms with Gasteiger partial charge < -0.3 is 4.90 Å². The van der Waals surface area contributed by atoms with E-state index in [0.717, 1.165) is 78.3 Å². The zero-order chi connectivity index (χ0) is 42.7. The molecule has 64 heavy (non-hydrogen) atoms. The standard InChI is InChI=1S/C59H43N5/c1-59(2)49-19-7-6-16-46(49)56-53(59)51(52-43-15-5-4-12-36(43)24-25-50(52)63-56)37-22-20-35(21-23-37)40-30-41(47-33-38-13-8-26-60-54(38)57-44(47)17-10-28-62-57)32-42(31-40)48-34-39-14-9-27-61-55(39)58-45(48)18-11-29-64(58)3/h4-28,30-34,46,49H,29H2,1-3H3. The van der Waals surface area contributed by atoms with Crippen molar-refractivity contribution < 1.29 is 0 Å². The zero-order valence-electron chi connectivity index (χ0n) is 35.9. The summed E-state index contributed by atoms with van der Waals surface area (Å²) in [5.41, 5.74) is 18.1. The third-order valence-electron chi connectivity index (χ3n) is 14.3. The van der Waals surface area contributed by atoms with Crippen LogP contribution in [0.15, 0.2) is 176 Å². The Morgan fingerprint density at radius 3 is 2.08 bits per heavy atom. The van der Waals surface area contributed by atoms with Crippen LogP contribution in [0, 0.1) is 5.92 Å². The van der Waals surface area contributed by atoms with Gasteiger partial charge in [-0.1, -0.05) is 123 Å². The topological polar surface area (TPSA) is 54.8 Å². The summed E-state index contributed by atoms with van der Waals surface area (Å²) >= 11 is 0. The average molecular weight is 822 g/mol. The van der Waals surface area contributed by atoms with Crippen LogP contribution in [0.25, 0.3) is 105 Å². The number of hydrogen-bond acceptors (Lipinski definition) is 5. The highest BCUT2D eigenvalue weighted by Crippen LogP contribution is 2.57. The van der Waals surface area contributed by atoms with E-state index in [2.05, 4.69) is 171 Å². The van der Waals surface area contributed by atoms with Gasteiger partial charge >= 0.3 is 0 Å². The second kappa shape index (κ2) is 13.9. The maximum atomic E-state index is 5.50. The maximum absolute atomic E-state index is 5.50. The largest absolute Gasteiger partial charge is 0.369 e. The van der Waals surface area contributed by atoms with E-state index in [0.29, 0.717) is 5.92 Å².